The highest BCUT2D eigenvalue weighted by Crippen LogP contribution is 2.46. The summed E-state index contributed by atoms with van der Waals surface area (Å²) in [5, 5.41) is 19.7. The zero-order chi connectivity index (χ0) is 25.7. The molecule has 0 unspecified atom stereocenters. The Bertz CT molecular complexity index is 1450. The van der Waals surface area contributed by atoms with E-state index in [9.17, 15) is 5.11 Å². The van der Waals surface area contributed by atoms with Crippen molar-refractivity contribution in [1.82, 2.24) is 25.2 Å². The van der Waals surface area contributed by atoms with Gasteiger partial charge in [-0.25, -0.2) is 9.97 Å². The van der Waals surface area contributed by atoms with E-state index in [0.29, 0.717) is 47.0 Å². The molecule has 2 aliphatic rings. The van der Waals surface area contributed by atoms with Crippen LogP contribution in [-0.4, -0.2) is 50.1 Å². The van der Waals surface area contributed by atoms with Crippen molar-refractivity contribution in [2.45, 2.75) is 58.2 Å². The Morgan fingerprint density at radius 3 is 2.68 bits per heavy atom. The molecule has 1 saturated carbocycles. The third kappa shape index (κ3) is 5.04. The lowest BCUT2D eigenvalue weighted by Crippen LogP contribution is -2.53. The van der Waals surface area contributed by atoms with Crippen LogP contribution >= 0.6 is 11.6 Å². The predicted octanol–water partition coefficient (Wildman–Crippen LogP) is 6.10. The normalized spacial score (nSPS) is 20.4. The molecule has 8 heteroatoms. The van der Waals surface area contributed by atoms with Crippen molar-refractivity contribution in [3.63, 3.8) is 0 Å². The van der Waals surface area contributed by atoms with Crippen LogP contribution < -0.4 is 10.6 Å². The molecule has 192 valence electrons. The summed E-state index contributed by atoms with van der Waals surface area (Å²) in [5.74, 6) is 1.32. The Labute approximate surface area is 222 Å². The van der Waals surface area contributed by atoms with E-state index in [1.165, 1.54) is 5.56 Å². The van der Waals surface area contributed by atoms with Gasteiger partial charge in [-0.05, 0) is 68.9 Å². The summed E-state index contributed by atoms with van der Waals surface area (Å²) in [5.41, 5.74) is 6.70. The standard InChI is InChI=1S/C29H33ClN6O/c1-16-4-7-22-24(11-31-26(22)8-16)27-25(30)12-32-29(35-27)34-21-9-20(28(37)23(10-21)19-5-6-19)15-36-13-17(2)33-18(3)14-36/h4,7-12,17-19,31,33,37H,5-6,13-15H2,1-3H3,(H,32,34,35)/t17-,18+. The molecule has 0 spiro atoms. The van der Waals surface area contributed by atoms with Crippen LogP contribution in [-0.2, 0) is 6.54 Å². The zero-order valence-electron chi connectivity index (χ0n) is 21.5. The monoisotopic (exact) mass is 516 g/mol. The molecular weight excluding hydrogens is 484 g/mol. The van der Waals surface area contributed by atoms with Gasteiger partial charge in [-0.1, -0.05) is 23.7 Å². The lowest BCUT2D eigenvalue weighted by molar-refractivity contribution is 0.165. The second-order valence-electron chi connectivity index (χ2n) is 10.8. The predicted molar refractivity (Wildman–Crippen MR) is 150 cm³/mol. The van der Waals surface area contributed by atoms with Crippen LogP contribution in [0.15, 0.2) is 42.7 Å². The molecule has 2 aromatic carbocycles. The lowest BCUT2D eigenvalue weighted by Gasteiger charge is -2.36. The number of benzene rings is 2. The van der Waals surface area contributed by atoms with Crippen molar-refractivity contribution in [1.29, 1.82) is 0 Å². The van der Waals surface area contributed by atoms with Crippen molar-refractivity contribution in [3.05, 3.63) is 64.4 Å². The van der Waals surface area contributed by atoms with Crippen LogP contribution in [0.5, 0.6) is 5.75 Å². The summed E-state index contributed by atoms with van der Waals surface area (Å²) < 4.78 is 0. The third-order valence-corrected chi connectivity index (χ3v) is 7.63. The quantitative estimate of drug-likeness (QED) is 0.232. The molecule has 3 heterocycles. The number of H-pyrrole nitrogens is 1. The Balaban J connectivity index is 1.32. The number of aromatic amines is 1. The number of hydrogen-bond donors (Lipinski definition) is 4. The SMILES string of the molecule is Cc1ccc2c(-c3nc(Nc4cc(CN5C[C@@H](C)N[C@@H](C)C5)c(O)c(C5CC5)c4)ncc3Cl)c[nH]c2c1. The number of phenolic OH excluding ortho intramolecular Hbond substituents is 1. The summed E-state index contributed by atoms with van der Waals surface area (Å²) >= 11 is 6.56. The lowest BCUT2D eigenvalue weighted by atomic mass is 10.0. The summed E-state index contributed by atoms with van der Waals surface area (Å²) in [7, 11) is 0. The number of aromatic hydroxyl groups is 1. The van der Waals surface area contributed by atoms with Crippen LogP contribution in [0.4, 0.5) is 11.6 Å². The molecule has 2 atom stereocenters. The van der Waals surface area contributed by atoms with Crippen LogP contribution in [0.3, 0.4) is 0 Å². The smallest absolute Gasteiger partial charge is 0.227 e. The maximum absolute atomic E-state index is 11.2. The number of aromatic nitrogens is 3. The van der Waals surface area contributed by atoms with E-state index < -0.39 is 0 Å². The second kappa shape index (κ2) is 9.63. The van der Waals surface area contributed by atoms with Gasteiger partial charge in [0.1, 0.15) is 5.75 Å². The fourth-order valence-corrected chi connectivity index (χ4v) is 5.80. The van der Waals surface area contributed by atoms with Crippen LogP contribution in [0.25, 0.3) is 22.2 Å². The highest BCUT2D eigenvalue weighted by atomic mass is 35.5. The average Bonchev–Trinajstić information content (AvgIpc) is 3.61. The van der Waals surface area contributed by atoms with Crippen molar-refractivity contribution in [2.24, 2.45) is 0 Å². The first-order chi connectivity index (χ1) is 17.8. The summed E-state index contributed by atoms with van der Waals surface area (Å²) in [6, 6.07) is 11.2. The van der Waals surface area contributed by atoms with Gasteiger partial charge in [0, 0.05) is 65.6 Å². The maximum atomic E-state index is 11.2. The number of phenols is 1. The van der Waals surface area contributed by atoms with Gasteiger partial charge in [0.05, 0.1) is 16.9 Å². The largest absolute Gasteiger partial charge is 0.507 e. The number of aryl methyl sites for hydroxylation is 1. The third-order valence-electron chi connectivity index (χ3n) is 7.36. The van der Waals surface area contributed by atoms with Crippen LogP contribution in [0, 0.1) is 6.92 Å². The van der Waals surface area contributed by atoms with Crippen LogP contribution in [0.2, 0.25) is 5.02 Å². The fraction of sp³-hybridized carbons (Fsp3) is 0.379. The van der Waals surface area contributed by atoms with E-state index in [4.69, 9.17) is 16.6 Å². The molecule has 0 amide bonds. The number of fused-ring (bicyclic) bond motifs is 1. The van der Waals surface area contributed by atoms with E-state index >= 15 is 0 Å². The van der Waals surface area contributed by atoms with E-state index in [-0.39, 0.29) is 0 Å². The van der Waals surface area contributed by atoms with Gasteiger partial charge in [-0.2, -0.15) is 0 Å². The van der Waals surface area contributed by atoms with E-state index in [0.717, 1.165) is 59.2 Å². The molecule has 4 aromatic rings. The van der Waals surface area contributed by atoms with E-state index in [1.54, 1.807) is 6.20 Å². The fourth-order valence-electron chi connectivity index (χ4n) is 5.61. The van der Waals surface area contributed by atoms with Crippen molar-refractivity contribution >= 4 is 34.1 Å². The number of anilines is 2. The molecule has 2 aromatic heterocycles. The molecule has 1 aliphatic heterocycles. The second-order valence-corrected chi connectivity index (χ2v) is 11.2. The van der Waals surface area contributed by atoms with Gasteiger partial charge < -0.3 is 20.7 Å². The molecule has 0 bridgehead atoms. The molecule has 1 aliphatic carbocycles. The van der Waals surface area contributed by atoms with Crippen molar-refractivity contribution < 1.29 is 5.11 Å². The Kier molecular flexibility index (Phi) is 6.31. The number of piperazine rings is 1. The Hall–Kier alpha value is -3.13. The zero-order valence-corrected chi connectivity index (χ0v) is 22.2. The first-order valence-corrected chi connectivity index (χ1v) is 13.4. The number of nitrogens with one attached hydrogen (secondary N) is 3. The Morgan fingerprint density at radius 1 is 1.14 bits per heavy atom. The summed E-state index contributed by atoms with van der Waals surface area (Å²) in [6.07, 6.45) is 5.81. The molecule has 4 N–H and O–H groups in total. The minimum absolute atomic E-state index is 0.415. The first-order valence-electron chi connectivity index (χ1n) is 13.1. The van der Waals surface area contributed by atoms with Gasteiger partial charge in [0.15, 0.2) is 0 Å². The van der Waals surface area contributed by atoms with Gasteiger partial charge in [-0.15, -0.1) is 0 Å². The van der Waals surface area contributed by atoms with E-state index in [1.807, 2.05) is 18.3 Å². The van der Waals surface area contributed by atoms with Gasteiger partial charge in [0.25, 0.3) is 0 Å². The molecule has 0 radical (unpaired) electrons. The van der Waals surface area contributed by atoms with Gasteiger partial charge in [0.2, 0.25) is 5.95 Å². The van der Waals surface area contributed by atoms with Crippen molar-refractivity contribution in [3.8, 4) is 17.0 Å². The summed E-state index contributed by atoms with van der Waals surface area (Å²) in [4.78, 5) is 15.0. The molecule has 2 fully saturated rings. The van der Waals surface area contributed by atoms with Crippen LogP contribution in [0.1, 0.15) is 49.3 Å². The highest BCUT2D eigenvalue weighted by Gasteiger charge is 2.29. The molecule has 1 saturated heterocycles. The Morgan fingerprint density at radius 2 is 1.92 bits per heavy atom. The number of nitrogens with zero attached hydrogens (tertiary/aromatic N) is 3. The minimum atomic E-state index is 0.415. The maximum Gasteiger partial charge on any atom is 0.227 e. The molecular formula is C29H33ClN6O. The van der Waals surface area contributed by atoms with Gasteiger partial charge >= 0.3 is 0 Å². The summed E-state index contributed by atoms with van der Waals surface area (Å²) in [6.45, 7) is 9.10. The topological polar surface area (TPSA) is 89.1 Å². The molecule has 7 nitrogen and oxygen atoms in total. The minimum Gasteiger partial charge on any atom is -0.507 e. The molecule has 37 heavy (non-hydrogen) atoms. The highest BCUT2D eigenvalue weighted by molar-refractivity contribution is 6.33. The molecule has 6 rings (SSSR count). The number of halogens is 1. The van der Waals surface area contributed by atoms with Crippen molar-refractivity contribution in [2.75, 3.05) is 18.4 Å². The number of rotatable bonds is 6. The van der Waals surface area contributed by atoms with Gasteiger partial charge in [-0.3, -0.25) is 4.90 Å². The first kappa shape index (κ1) is 24.2. The average molecular weight is 517 g/mol. The van der Waals surface area contributed by atoms with E-state index in [2.05, 4.69) is 64.5 Å². The number of hydrogen-bond acceptors (Lipinski definition) is 6.